The van der Waals surface area contributed by atoms with Crippen LogP contribution in [-0.2, 0) is 24.4 Å². The van der Waals surface area contributed by atoms with Crippen molar-refractivity contribution in [2.75, 3.05) is 11.1 Å². The van der Waals surface area contributed by atoms with Crippen molar-refractivity contribution >= 4 is 35.0 Å². The maximum absolute atomic E-state index is 12.3. The average Bonchev–Trinajstić information content (AvgIpc) is 3.14. The molecule has 8 heteroatoms. The molecule has 0 atom stereocenters. The molecular weight excluding hydrogens is 420 g/mol. The number of nitrogens with zero attached hydrogens (tertiary/aromatic N) is 3. The number of benzene rings is 2. The molecule has 0 spiro atoms. The first-order chi connectivity index (χ1) is 14.5. The lowest BCUT2D eigenvalue weighted by Gasteiger charge is -2.11. The van der Waals surface area contributed by atoms with Gasteiger partial charge in [-0.05, 0) is 61.7 Å². The van der Waals surface area contributed by atoms with Crippen LogP contribution in [0.15, 0.2) is 47.6 Å². The van der Waals surface area contributed by atoms with Crippen molar-refractivity contribution < 1.29 is 9.53 Å². The average molecular weight is 445 g/mol. The number of ether oxygens (including phenoxy) is 1. The normalized spacial score (nSPS) is 10.8. The Labute approximate surface area is 186 Å². The van der Waals surface area contributed by atoms with E-state index in [1.807, 2.05) is 54.8 Å². The Hall–Kier alpha value is -2.51. The number of rotatable bonds is 9. The minimum absolute atomic E-state index is 0.0792. The molecule has 0 aliphatic heterocycles. The zero-order chi connectivity index (χ0) is 21.5. The molecular formula is C22H25ClN4O2S. The first kappa shape index (κ1) is 22.2. The predicted molar refractivity (Wildman–Crippen MR) is 121 cm³/mol. The van der Waals surface area contributed by atoms with Gasteiger partial charge in [0.2, 0.25) is 5.91 Å². The van der Waals surface area contributed by atoms with Crippen LogP contribution in [0.1, 0.15) is 30.8 Å². The highest BCUT2D eigenvalue weighted by molar-refractivity contribution is 7.99. The Morgan fingerprint density at radius 1 is 1.17 bits per heavy atom. The maximum atomic E-state index is 12.3. The zero-order valence-electron chi connectivity index (χ0n) is 17.3. The van der Waals surface area contributed by atoms with E-state index in [2.05, 4.69) is 22.4 Å². The van der Waals surface area contributed by atoms with Gasteiger partial charge in [-0.1, -0.05) is 42.4 Å². The smallest absolute Gasteiger partial charge is 0.234 e. The van der Waals surface area contributed by atoms with Crippen LogP contribution in [0.3, 0.4) is 0 Å². The van der Waals surface area contributed by atoms with Crippen molar-refractivity contribution in [3.05, 3.63) is 64.4 Å². The minimum atomic E-state index is -0.0792. The Morgan fingerprint density at radius 3 is 2.60 bits per heavy atom. The summed E-state index contributed by atoms with van der Waals surface area (Å²) >= 11 is 7.35. The monoisotopic (exact) mass is 444 g/mol. The third-order valence-corrected chi connectivity index (χ3v) is 5.78. The summed E-state index contributed by atoms with van der Waals surface area (Å²) in [5.41, 5.74) is 2.99. The lowest BCUT2D eigenvalue weighted by molar-refractivity contribution is -0.113. The summed E-state index contributed by atoms with van der Waals surface area (Å²) in [6.45, 7) is 7.04. The van der Waals surface area contributed by atoms with E-state index in [1.165, 1.54) is 17.3 Å². The van der Waals surface area contributed by atoms with E-state index in [0.29, 0.717) is 29.2 Å². The molecule has 30 heavy (non-hydrogen) atoms. The Bertz CT molecular complexity index is 1000. The molecule has 0 bridgehead atoms. The van der Waals surface area contributed by atoms with Gasteiger partial charge >= 0.3 is 0 Å². The highest BCUT2D eigenvalue weighted by Gasteiger charge is 2.14. The number of aryl methyl sites for hydroxylation is 2. The second-order valence-electron chi connectivity index (χ2n) is 6.73. The molecule has 1 aromatic heterocycles. The molecule has 0 fully saturated rings. The molecule has 158 valence electrons. The lowest BCUT2D eigenvalue weighted by Crippen LogP contribution is -2.15. The van der Waals surface area contributed by atoms with E-state index in [9.17, 15) is 4.79 Å². The molecule has 6 nitrogen and oxygen atoms in total. The molecule has 3 rings (SSSR count). The summed E-state index contributed by atoms with van der Waals surface area (Å²) < 4.78 is 7.84. The molecule has 0 unspecified atom stereocenters. The van der Waals surface area contributed by atoms with E-state index >= 15 is 0 Å². The van der Waals surface area contributed by atoms with Gasteiger partial charge in [0.1, 0.15) is 12.4 Å². The number of carbonyl (C=O) groups excluding carboxylic acids is 1. The number of nitrogens with one attached hydrogen (secondary N) is 1. The van der Waals surface area contributed by atoms with Gasteiger partial charge in [-0.15, -0.1) is 10.2 Å². The molecule has 0 aliphatic rings. The SMILES string of the molecule is CCc1ccc(NC(=O)CSc2nnc(COc3ccc(Cl)cc3C)n2CC)cc1. The first-order valence-corrected chi connectivity index (χ1v) is 11.2. The largest absolute Gasteiger partial charge is 0.485 e. The summed E-state index contributed by atoms with van der Waals surface area (Å²) in [6.07, 6.45) is 0.973. The van der Waals surface area contributed by atoms with Crippen molar-refractivity contribution in [3.63, 3.8) is 0 Å². The zero-order valence-corrected chi connectivity index (χ0v) is 18.9. The fourth-order valence-corrected chi connectivity index (χ4v) is 3.97. The fourth-order valence-electron chi connectivity index (χ4n) is 2.92. The predicted octanol–water partition coefficient (Wildman–Crippen LogP) is 5.13. The topological polar surface area (TPSA) is 69.0 Å². The number of hydrogen-bond donors (Lipinski definition) is 1. The van der Waals surface area contributed by atoms with Gasteiger partial charge in [-0.25, -0.2) is 0 Å². The van der Waals surface area contributed by atoms with E-state index in [-0.39, 0.29) is 11.7 Å². The van der Waals surface area contributed by atoms with E-state index < -0.39 is 0 Å². The van der Waals surface area contributed by atoms with E-state index in [4.69, 9.17) is 16.3 Å². The fraction of sp³-hybridized carbons (Fsp3) is 0.318. The Morgan fingerprint density at radius 2 is 1.93 bits per heavy atom. The molecule has 1 N–H and O–H groups in total. The van der Waals surface area contributed by atoms with Gasteiger partial charge in [0, 0.05) is 17.3 Å². The highest BCUT2D eigenvalue weighted by Crippen LogP contribution is 2.23. The van der Waals surface area contributed by atoms with Crippen molar-refractivity contribution in [3.8, 4) is 5.75 Å². The quantitative estimate of drug-likeness (QED) is 0.463. The number of carbonyl (C=O) groups is 1. The van der Waals surface area contributed by atoms with Crippen LogP contribution in [0.2, 0.25) is 5.02 Å². The van der Waals surface area contributed by atoms with Crippen LogP contribution >= 0.6 is 23.4 Å². The molecule has 0 saturated carbocycles. The summed E-state index contributed by atoms with van der Waals surface area (Å²) in [4.78, 5) is 12.3. The van der Waals surface area contributed by atoms with Crippen LogP contribution < -0.4 is 10.1 Å². The van der Waals surface area contributed by atoms with E-state index in [0.717, 1.165) is 23.4 Å². The number of amides is 1. The van der Waals surface area contributed by atoms with Gasteiger partial charge in [0.15, 0.2) is 11.0 Å². The number of hydrogen-bond acceptors (Lipinski definition) is 5. The molecule has 0 radical (unpaired) electrons. The summed E-state index contributed by atoms with van der Waals surface area (Å²) in [7, 11) is 0. The van der Waals surface area contributed by atoms with Gasteiger partial charge in [-0.3, -0.25) is 4.79 Å². The molecule has 1 heterocycles. The second kappa shape index (κ2) is 10.5. The highest BCUT2D eigenvalue weighted by atomic mass is 35.5. The van der Waals surface area contributed by atoms with Gasteiger partial charge in [-0.2, -0.15) is 0 Å². The lowest BCUT2D eigenvalue weighted by atomic mass is 10.1. The van der Waals surface area contributed by atoms with Crippen molar-refractivity contribution in [2.45, 2.75) is 45.5 Å². The maximum Gasteiger partial charge on any atom is 0.234 e. The van der Waals surface area contributed by atoms with Crippen molar-refractivity contribution in [1.82, 2.24) is 14.8 Å². The number of thioether (sulfide) groups is 1. The minimum Gasteiger partial charge on any atom is -0.485 e. The van der Waals surface area contributed by atoms with Gasteiger partial charge in [0.25, 0.3) is 0 Å². The van der Waals surface area contributed by atoms with Crippen LogP contribution in [-0.4, -0.2) is 26.4 Å². The van der Waals surface area contributed by atoms with Crippen molar-refractivity contribution in [2.24, 2.45) is 0 Å². The molecule has 2 aromatic carbocycles. The number of anilines is 1. The summed E-state index contributed by atoms with van der Waals surface area (Å²) in [6, 6.07) is 13.4. The molecule has 0 aliphatic carbocycles. The molecule has 0 saturated heterocycles. The van der Waals surface area contributed by atoms with Crippen LogP contribution in [0.25, 0.3) is 0 Å². The second-order valence-corrected chi connectivity index (χ2v) is 8.11. The summed E-state index contributed by atoms with van der Waals surface area (Å²) in [5.74, 6) is 1.65. The van der Waals surface area contributed by atoms with Crippen molar-refractivity contribution in [1.29, 1.82) is 0 Å². The van der Waals surface area contributed by atoms with Crippen LogP contribution in [0, 0.1) is 6.92 Å². The third-order valence-electron chi connectivity index (χ3n) is 4.58. The van der Waals surface area contributed by atoms with Crippen LogP contribution in [0.5, 0.6) is 5.75 Å². The van der Waals surface area contributed by atoms with Gasteiger partial charge < -0.3 is 14.6 Å². The van der Waals surface area contributed by atoms with E-state index in [1.54, 1.807) is 6.07 Å². The molecule has 3 aromatic rings. The Kier molecular flexibility index (Phi) is 7.76. The number of halogens is 1. The van der Waals surface area contributed by atoms with Crippen LogP contribution in [0.4, 0.5) is 5.69 Å². The molecule has 1 amide bonds. The standard InChI is InChI=1S/C22H25ClN4O2S/c1-4-16-6-9-18(10-7-16)24-21(28)14-30-22-26-25-20(27(22)5-2)13-29-19-11-8-17(23)12-15(19)3/h6-12H,4-5,13-14H2,1-3H3,(H,24,28). The van der Waals surface area contributed by atoms with Gasteiger partial charge in [0.05, 0.1) is 5.75 Å². The first-order valence-electron chi connectivity index (χ1n) is 9.82. The summed E-state index contributed by atoms with van der Waals surface area (Å²) in [5, 5.41) is 12.8. The third kappa shape index (κ3) is 5.77. The Balaban J connectivity index is 1.57. The number of aromatic nitrogens is 3.